The second kappa shape index (κ2) is 4.66. The average Bonchev–Trinajstić information content (AvgIpc) is 2.18. The van der Waals surface area contributed by atoms with E-state index in [1.807, 2.05) is 25.1 Å². The summed E-state index contributed by atoms with van der Waals surface area (Å²) in [5.74, 6) is 0.356. The zero-order valence-corrected chi connectivity index (χ0v) is 8.59. The first-order chi connectivity index (χ1) is 6.70. The van der Waals surface area contributed by atoms with Gasteiger partial charge in [0.1, 0.15) is 5.75 Å². The molecule has 1 heteroatoms. The number of rotatable bonds is 4. The molecule has 0 spiro atoms. The van der Waals surface area contributed by atoms with Crippen LogP contribution in [0, 0.1) is 6.92 Å². The van der Waals surface area contributed by atoms with Crippen molar-refractivity contribution in [3.8, 4) is 5.75 Å². The first kappa shape index (κ1) is 10.6. The van der Waals surface area contributed by atoms with Gasteiger partial charge >= 0.3 is 0 Å². The molecular weight excluding hydrogens is 172 g/mol. The third-order valence-corrected chi connectivity index (χ3v) is 2.38. The van der Waals surface area contributed by atoms with Crippen LogP contribution in [0.25, 0.3) is 0 Å². The minimum absolute atomic E-state index is 0.356. The van der Waals surface area contributed by atoms with Gasteiger partial charge in [0.25, 0.3) is 0 Å². The van der Waals surface area contributed by atoms with Crippen LogP contribution in [0.1, 0.15) is 16.7 Å². The molecular formula is C13H16O. The largest absolute Gasteiger partial charge is 0.508 e. The van der Waals surface area contributed by atoms with Crippen molar-refractivity contribution >= 4 is 0 Å². The fourth-order valence-corrected chi connectivity index (χ4v) is 1.58. The summed E-state index contributed by atoms with van der Waals surface area (Å²) in [7, 11) is 0. The Bertz CT molecular complexity index is 350. The van der Waals surface area contributed by atoms with Crippen LogP contribution in [-0.2, 0) is 12.8 Å². The first-order valence-electron chi connectivity index (χ1n) is 4.72. The number of phenolic OH excluding ortho intramolecular Hbond substituents is 1. The molecule has 0 aliphatic rings. The van der Waals surface area contributed by atoms with Crippen molar-refractivity contribution < 1.29 is 5.11 Å². The maximum absolute atomic E-state index is 9.56. The van der Waals surface area contributed by atoms with Crippen LogP contribution in [0.15, 0.2) is 37.4 Å². The second-order valence-electron chi connectivity index (χ2n) is 3.33. The van der Waals surface area contributed by atoms with E-state index in [2.05, 4.69) is 13.2 Å². The van der Waals surface area contributed by atoms with Gasteiger partial charge in [-0.3, -0.25) is 0 Å². The van der Waals surface area contributed by atoms with Crippen LogP contribution in [0.3, 0.4) is 0 Å². The summed E-state index contributed by atoms with van der Waals surface area (Å²) >= 11 is 0. The summed E-state index contributed by atoms with van der Waals surface area (Å²) in [6, 6.07) is 3.68. The van der Waals surface area contributed by atoms with Gasteiger partial charge in [-0.1, -0.05) is 18.2 Å². The Labute approximate surface area is 85.4 Å². The number of benzene rings is 1. The van der Waals surface area contributed by atoms with E-state index in [1.165, 1.54) is 11.1 Å². The molecule has 0 radical (unpaired) electrons. The van der Waals surface area contributed by atoms with Gasteiger partial charge in [0.2, 0.25) is 0 Å². The van der Waals surface area contributed by atoms with E-state index in [0.717, 1.165) is 18.4 Å². The maximum Gasteiger partial charge on any atom is 0.118 e. The smallest absolute Gasteiger partial charge is 0.118 e. The predicted molar refractivity (Wildman–Crippen MR) is 60.6 cm³/mol. The number of aromatic hydroxyl groups is 1. The van der Waals surface area contributed by atoms with Crippen LogP contribution in [0.2, 0.25) is 0 Å². The SMILES string of the molecule is C=CCc1ccc(O)c(C)c1CC=C. The molecule has 0 aliphatic carbocycles. The van der Waals surface area contributed by atoms with E-state index in [0.29, 0.717) is 5.75 Å². The summed E-state index contributed by atoms with van der Waals surface area (Å²) in [5, 5.41) is 9.56. The molecule has 1 aromatic carbocycles. The van der Waals surface area contributed by atoms with Gasteiger partial charge in [-0.25, -0.2) is 0 Å². The Morgan fingerprint density at radius 2 is 1.86 bits per heavy atom. The molecule has 14 heavy (non-hydrogen) atoms. The molecule has 0 amide bonds. The summed E-state index contributed by atoms with van der Waals surface area (Å²) in [4.78, 5) is 0. The van der Waals surface area contributed by atoms with E-state index in [-0.39, 0.29) is 0 Å². The van der Waals surface area contributed by atoms with Crippen molar-refractivity contribution in [3.63, 3.8) is 0 Å². The van der Waals surface area contributed by atoms with Gasteiger partial charge in [0.15, 0.2) is 0 Å². The zero-order valence-electron chi connectivity index (χ0n) is 8.59. The van der Waals surface area contributed by atoms with Crippen molar-refractivity contribution in [2.24, 2.45) is 0 Å². The van der Waals surface area contributed by atoms with Crippen LogP contribution < -0.4 is 0 Å². The number of phenols is 1. The molecule has 1 rings (SSSR count). The van der Waals surface area contributed by atoms with Gasteiger partial charge in [-0.2, -0.15) is 0 Å². The minimum atomic E-state index is 0.356. The standard InChI is InChI=1S/C13H16O/c1-4-6-11-8-9-13(14)10(3)12(11)7-5-2/h4-5,8-9,14H,1-2,6-7H2,3H3. The van der Waals surface area contributed by atoms with E-state index >= 15 is 0 Å². The summed E-state index contributed by atoms with van der Waals surface area (Å²) in [6.45, 7) is 9.37. The fraction of sp³-hybridized carbons (Fsp3) is 0.231. The van der Waals surface area contributed by atoms with Crippen LogP contribution in [0.5, 0.6) is 5.75 Å². The molecule has 0 atom stereocenters. The molecule has 74 valence electrons. The topological polar surface area (TPSA) is 20.2 Å². The van der Waals surface area contributed by atoms with Crippen molar-refractivity contribution in [3.05, 3.63) is 54.1 Å². The summed E-state index contributed by atoms with van der Waals surface area (Å²) < 4.78 is 0. The van der Waals surface area contributed by atoms with E-state index < -0.39 is 0 Å². The lowest BCUT2D eigenvalue weighted by Gasteiger charge is -2.11. The fourth-order valence-electron chi connectivity index (χ4n) is 1.58. The highest BCUT2D eigenvalue weighted by Crippen LogP contribution is 2.24. The quantitative estimate of drug-likeness (QED) is 0.719. The van der Waals surface area contributed by atoms with Gasteiger partial charge < -0.3 is 5.11 Å². The molecule has 1 nitrogen and oxygen atoms in total. The molecule has 0 aliphatic heterocycles. The Kier molecular flexibility index (Phi) is 3.52. The lowest BCUT2D eigenvalue weighted by atomic mass is 9.96. The number of hydrogen-bond donors (Lipinski definition) is 1. The third-order valence-electron chi connectivity index (χ3n) is 2.38. The third kappa shape index (κ3) is 2.05. The molecule has 0 heterocycles. The highest BCUT2D eigenvalue weighted by atomic mass is 16.3. The Morgan fingerprint density at radius 3 is 2.43 bits per heavy atom. The lowest BCUT2D eigenvalue weighted by molar-refractivity contribution is 0.470. The molecule has 0 unspecified atom stereocenters. The van der Waals surface area contributed by atoms with Crippen molar-refractivity contribution in [2.45, 2.75) is 19.8 Å². The highest BCUT2D eigenvalue weighted by molar-refractivity contribution is 5.45. The Hall–Kier alpha value is -1.50. The molecule has 0 aromatic heterocycles. The van der Waals surface area contributed by atoms with Gasteiger partial charge in [-0.05, 0) is 42.5 Å². The summed E-state index contributed by atoms with van der Waals surface area (Å²) in [6.07, 6.45) is 5.36. The molecule has 0 saturated carbocycles. The van der Waals surface area contributed by atoms with Crippen molar-refractivity contribution in [2.75, 3.05) is 0 Å². The van der Waals surface area contributed by atoms with Crippen LogP contribution in [-0.4, -0.2) is 5.11 Å². The zero-order chi connectivity index (χ0) is 10.6. The Morgan fingerprint density at radius 1 is 1.21 bits per heavy atom. The van der Waals surface area contributed by atoms with Gasteiger partial charge in [0.05, 0.1) is 0 Å². The number of allylic oxidation sites excluding steroid dienone is 2. The average molecular weight is 188 g/mol. The second-order valence-corrected chi connectivity index (χ2v) is 3.33. The monoisotopic (exact) mass is 188 g/mol. The van der Waals surface area contributed by atoms with Crippen LogP contribution >= 0.6 is 0 Å². The normalized spacial score (nSPS) is 9.79. The van der Waals surface area contributed by atoms with Crippen molar-refractivity contribution in [1.29, 1.82) is 0 Å². The first-order valence-corrected chi connectivity index (χ1v) is 4.72. The van der Waals surface area contributed by atoms with Gasteiger partial charge in [-0.15, -0.1) is 13.2 Å². The van der Waals surface area contributed by atoms with E-state index in [1.54, 1.807) is 6.07 Å². The summed E-state index contributed by atoms with van der Waals surface area (Å²) in [5.41, 5.74) is 3.33. The van der Waals surface area contributed by atoms with Crippen LogP contribution in [0.4, 0.5) is 0 Å². The maximum atomic E-state index is 9.56. The minimum Gasteiger partial charge on any atom is -0.508 e. The molecule has 0 saturated heterocycles. The molecule has 0 bridgehead atoms. The molecule has 1 aromatic rings. The molecule has 0 fully saturated rings. The number of hydrogen-bond acceptors (Lipinski definition) is 1. The van der Waals surface area contributed by atoms with Gasteiger partial charge in [0, 0.05) is 0 Å². The van der Waals surface area contributed by atoms with E-state index in [9.17, 15) is 5.11 Å². The highest BCUT2D eigenvalue weighted by Gasteiger charge is 2.06. The predicted octanol–water partition coefficient (Wildman–Crippen LogP) is 3.16. The Balaban J connectivity index is 3.21. The van der Waals surface area contributed by atoms with E-state index in [4.69, 9.17) is 0 Å². The molecule has 1 N–H and O–H groups in total. The lowest BCUT2D eigenvalue weighted by Crippen LogP contribution is -1.95. The van der Waals surface area contributed by atoms with Crippen molar-refractivity contribution in [1.82, 2.24) is 0 Å².